The van der Waals surface area contributed by atoms with Crippen molar-refractivity contribution in [2.45, 2.75) is 25.7 Å². The number of nitrogens with one attached hydrogen (secondary N) is 1. The molecule has 1 N–H and O–H groups in total. The first-order valence-corrected chi connectivity index (χ1v) is 8.88. The maximum atomic E-state index is 13.1. The third kappa shape index (κ3) is 3.93. The number of fused-ring (bicyclic) bond motifs is 1. The van der Waals surface area contributed by atoms with Crippen LogP contribution in [0, 0.1) is 5.82 Å². The molecule has 4 nitrogen and oxygen atoms in total. The van der Waals surface area contributed by atoms with Crippen molar-refractivity contribution >= 4 is 17.5 Å². The van der Waals surface area contributed by atoms with Crippen LogP contribution in [0.15, 0.2) is 36.4 Å². The minimum absolute atomic E-state index is 0.118. The van der Waals surface area contributed by atoms with Crippen LogP contribution in [-0.2, 0) is 16.6 Å². The summed E-state index contributed by atoms with van der Waals surface area (Å²) < 4.78 is 24.2. The van der Waals surface area contributed by atoms with Crippen LogP contribution < -0.4 is 14.8 Å². The van der Waals surface area contributed by atoms with Crippen LogP contribution in [0.25, 0.3) is 0 Å². The number of hydrogen-bond donors (Lipinski definition) is 1. The number of hydrogen-bond acceptors (Lipinski definition) is 3. The van der Waals surface area contributed by atoms with E-state index in [1.807, 2.05) is 26.0 Å². The van der Waals surface area contributed by atoms with Gasteiger partial charge >= 0.3 is 0 Å². The molecule has 2 aromatic carbocycles. The zero-order chi connectivity index (χ0) is 18.7. The van der Waals surface area contributed by atoms with Crippen LogP contribution in [0.4, 0.5) is 4.39 Å². The Morgan fingerprint density at radius 1 is 1.19 bits per heavy atom. The summed E-state index contributed by atoms with van der Waals surface area (Å²) in [5, 5.41) is 3.45. The summed E-state index contributed by atoms with van der Waals surface area (Å²) in [6.07, 6.45) is 0.613. The van der Waals surface area contributed by atoms with Gasteiger partial charge in [0.15, 0.2) is 11.5 Å². The SMILES string of the molecule is CC(C)(C(=O)NCCc1cc(Cl)c2c(c1)OCCO2)c1ccc(F)cc1. The number of ether oxygens (including phenoxy) is 2. The smallest absolute Gasteiger partial charge is 0.230 e. The summed E-state index contributed by atoms with van der Waals surface area (Å²) in [5.74, 6) is 0.771. The molecule has 0 aromatic heterocycles. The summed E-state index contributed by atoms with van der Waals surface area (Å²) >= 11 is 6.23. The van der Waals surface area contributed by atoms with Gasteiger partial charge in [-0.15, -0.1) is 0 Å². The number of halogens is 2. The lowest BCUT2D eigenvalue weighted by Crippen LogP contribution is -2.40. The normalized spacial score (nSPS) is 13.4. The fourth-order valence-corrected chi connectivity index (χ4v) is 3.14. The number of carbonyl (C=O) groups excluding carboxylic acids is 1. The summed E-state index contributed by atoms with van der Waals surface area (Å²) in [6, 6.07) is 9.71. The average molecular weight is 378 g/mol. The topological polar surface area (TPSA) is 47.6 Å². The van der Waals surface area contributed by atoms with Crippen molar-refractivity contribution in [3.63, 3.8) is 0 Å². The van der Waals surface area contributed by atoms with Crippen LogP contribution in [0.5, 0.6) is 11.5 Å². The number of carbonyl (C=O) groups is 1. The molecule has 6 heteroatoms. The summed E-state index contributed by atoms with van der Waals surface area (Å²) in [5.41, 5.74) is 0.968. The van der Waals surface area contributed by atoms with Crippen molar-refractivity contribution in [1.82, 2.24) is 5.32 Å². The molecule has 138 valence electrons. The predicted octanol–water partition coefficient (Wildman–Crippen LogP) is 3.89. The van der Waals surface area contributed by atoms with E-state index in [0.717, 1.165) is 11.1 Å². The Morgan fingerprint density at radius 3 is 2.62 bits per heavy atom. The minimum Gasteiger partial charge on any atom is -0.486 e. The Bertz CT molecular complexity index is 805. The fraction of sp³-hybridized carbons (Fsp3) is 0.350. The summed E-state index contributed by atoms with van der Waals surface area (Å²) in [6.45, 7) is 5.07. The van der Waals surface area contributed by atoms with Crippen molar-refractivity contribution in [1.29, 1.82) is 0 Å². The lowest BCUT2D eigenvalue weighted by Gasteiger charge is -2.24. The Kier molecular flexibility index (Phi) is 5.37. The molecule has 0 unspecified atom stereocenters. The molecule has 0 saturated heterocycles. The first kappa shape index (κ1) is 18.5. The van der Waals surface area contributed by atoms with Crippen LogP contribution in [0.1, 0.15) is 25.0 Å². The van der Waals surface area contributed by atoms with E-state index in [1.165, 1.54) is 12.1 Å². The van der Waals surface area contributed by atoms with E-state index in [9.17, 15) is 9.18 Å². The zero-order valence-electron chi connectivity index (χ0n) is 14.8. The molecule has 2 aromatic rings. The van der Waals surface area contributed by atoms with E-state index in [4.69, 9.17) is 21.1 Å². The van der Waals surface area contributed by atoms with Gasteiger partial charge in [0.1, 0.15) is 19.0 Å². The first-order valence-electron chi connectivity index (χ1n) is 8.50. The fourth-order valence-electron chi connectivity index (χ4n) is 2.85. The maximum Gasteiger partial charge on any atom is 0.230 e. The second-order valence-electron chi connectivity index (χ2n) is 6.74. The molecule has 0 spiro atoms. The van der Waals surface area contributed by atoms with E-state index in [2.05, 4.69) is 5.32 Å². The maximum absolute atomic E-state index is 13.1. The van der Waals surface area contributed by atoms with Gasteiger partial charge in [-0.25, -0.2) is 4.39 Å². The molecule has 0 fully saturated rings. The molecule has 1 aliphatic rings. The lowest BCUT2D eigenvalue weighted by atomic mass is 9.83. The van der Waals surface area contributed by atoms with Gasteiger partial charge in [-0.3, -0.25) is 4.79 Å². The molecular formula is C20H21ClFNO3. The number of benzene rings is 2. The van der Waals surface area contributed by atoms with Crippen molar-refractivity contribution < 1.29 is 18.7 Å². The largest absolute Gasteiger partial charge is 0.486 e. The van der Waals surface area contributed by atoms with Crippen molar-refractivity contribution in [2.24, 2.45) is 0 Å². The van der Waals surface area contributed by atoms with Crippen LogP contribution >= 0.6 is 11.6 Å². The average Bonchev–Trinajstić information content (AvgIpc) is 2.62. The van der Waals surface area contributed by atoms with Gasteiger partial charge in [0.2, 0.25) is 5.91 Å². The van der Waals surface area contributed by atoms with Crippen LogP contribution in [-0.4, -0.2) is 25.7 Å². The van der Waals surface area contributed by atoms with Gasteiger partial charge < -0.3 is 14.8 Å². The van der Waals surface area contributed by atoms with Crippen molar-refractivity contribution in [2.75, 3.05) is 19.8 Å². The number of amides is 1. The van der Waals surface area contributed by atoms with Crippen LogP contribution in [0.3, 0.4) is 0 Å². The lowest BCUT2D eigenvalue weighted by molar-refractivity contribution is -0.125. The highest BCUT2D eigenvalue weighted by Crippen LogP contribution is 2.38. The molecular weight excluding hydrogens is 357 g/mol. The molecule has 26 heavy (non-hydrogen) atoms. The van der Waals surface area contributed by atoms with Gasteiger partial charge in [0, 0.05) is 6.54 Å². The van der Waals surface area contributed by atoms with E-state index < -0.39 is 5.41 Å². The van der Waals surface area contributed by atoms with Gasteiger partial charge in [0.25, 0.3) is 0 Å². The monoisotopic (exact) mass is 377 g/mol. The number of rotatable bonds is 5. The highest BCUT2D eigenvalue weighted by atomic mass is 35.5. The quantitative estimate of drug-likeness (QED) is 0.860. The van der Waals surface area contributed by atoms with E-state index in [0.29, 0.717) is 42.7 Å². The zero-order valence-corrected chi connectivity index (χ0v) is 15.5. The van der Waals surface area contributed by atoms with Gasteiger partial charge in [-0.1, -0.05) is 23.7 Å². The van der Waals surface area contributed by atoms with Gasteiger partial charge in [-0.2, -0.15) is 0 Å². The minimum atomic E-state index is -0.752. The molecule has 0 aliphatic carbocycles. The third-order valence-corrected chi connectivity index (χ3v) is 4.77. The van der Waals surface area contributed by atoms with Crippen molar-refractivity contribution in [3.05, 3.63) is 58.4 Å². The highest BCUT2D eigenvalue weighted by molar-refractivity contribution is 6.32. The van der Waals surface area contributed by atoms with E-state index >= 15 is 0 Å². The second-order valence-corrected chi connectivity index (χ2v) is 7.15. The molecule has 0 atom stereocenters. The van der Waals surface area contributed by atoms with Gasteiger partial charge in [-0.05, 0) is 55.7 Å². The summed E-state index contributed by atoms with van der Waals surface area (Å²) in [7, 11) is 0. The Labute approximate surface area is 157 Å². The third-order valence-electron chi connectivity index (χ3n) is 4.49. The Morgan fingerprint density at radius 2 is 1.88 bits per heavy atom. The van der Waals surface area contributed by atoms with E-state index in [1.54, 1.807) is 12.1 Å². The molecule has 1 aliphatic heterocycles. The Hall–Kier alpha value is -2.27. The first-order chi connectivity index (χ1) is 12.4. The second kappa shape index (κ2) is 7.54. The summed E-state index contributed by atoms with van der Waals surface area (Å²) in [4.78, 5) is 12.6. The molecule has 1 amide bonds. The molecule has 0 bridgehead atoms. The molecule has 3 rings (SSSR count). The Balaban J connectivity index is 1.61. The van der Waals surface area contributed by atoms with E-state index in [-0.39, 0.29) is 11.7 Å². The molecule has 1 heterocycles. The molecule has 0 radical (unpaired) electrons. The molecule has 0 saturated carbocycles. The standard InChI is InChI=1S/C20H21ClFNO3/c1-20(2,14-3-5-15(22)6-4-14)19(24)23-8-7-13-11-16(21)18-17(12-13)25-9-10-26-18/h3-6,11-12H,7-10H2,1-2H3,(H,23,24). The van der Waals surface area contributed by atoms with Crippen molar-refractivity contribution in [3.8, 4) is 11.5 Å². The van der Waals surface area contributed by atoms with Crippen LogP contribution in [0.2, 0.25) is 5.02 Å². The highest BCUT2D eigenvalue weighted by Gasteiger charge is 2.29. The van der Waals surface area contributed by atoms with Gasteiger partial charge in [0.05, 0.1) is 10.4 Å². The predicted molar refractivity (Wildman–Crippen MR) is 98.6 cm³/mol.